The standard InChI is InChI=1S/C42H80O4/c1-3-5-7-9-11-13-15-17-19-20-21-22-24-26-28-30-32-34-36-38-42(45)46-40(39-41(43)44)37-35-33-31-29-27-25-23-18-16-14-12-10-8-6-4-2/h17,19,40H,3-16,18,20-39H2,1-2H3,(H,43,44)/b19-17-. The monoisotopic (exact) mass is 649 g/mol. The Morgan fingerprint density at radius 2 is 0.804 bits per heavy atom. The van der Waals surface area contributed by atoms with Crippen LogP contribution in [0.1, 0.15) is 239 Å². The number of carboxylic acids is 1. The van der Waals surface area contributed by atoms with Crippen LogP contribution in [0.2, 0.25) is 0 Å². The number of hydrogen-bond donors (Lipinski definition) is 1. The maximum atomic E-state index is 12.4. The van der Waals surface area contributed by atoms with Crippen molar-refractivity contribution >= 4 is 11.9 Å². The lowest BCUT2D eigenvalue weighted by molar-refractivity contribution is -0.153. The zero-order chi connectivity index (χ0) is 33.6. The summed E-state index contributed by atoms with van der Waals surface area (Å²) < 4.78 is 5.59. The van der Waals surface area contributed by atoms with Crippen molar-refractivity contribution in [2.45, 2.75) is 245 Å². The predicted octanol–water partition coefficient (Wildman–Crippen LogP) is 14.2. The third kappa shape index (κ3) is 37.1. The van der Waals surface area contributed by atoms with Crippen LogP contribution >= 0.6 is 0 Å². The van der Waals surface area contributed by atoms with Crippen LogP contribution in [0.5, 0.6) is 0 Å². The Hall–Kier alpha value is -1.32. The van der Waals surface area contributed by atoms with E-state index >= 15 is 0 Å². The fourth-order valence-corrected chi connectivity index (χ4v) is 6.43. The average Bonchev–Trinajstić information content (AvgIpc) is 3.03. The fraction of sp³-hybridized carbons (Fsp3) is 0.905. The Bertz CT molecular complexity index is 658. The van der Waals surface area contributed by atoms with Crippen LogP contribution < -0.4 is 0 Å². The largest absolute Gasteiger partial charge is 0.481 e. The van der Waals surface area contributed by atoms with Crippen LogP contribution in [0, 0.1) is 0 Å². The van der Waals surface area contributed by atoms with Gasteiger partial charge >= 0.3 is 11.9 Å². The molecule has 0 fully saturated rings. The van der Waals surface area contributed by atoms with E-state index in [1.165, 1.54) is 180 Å². The predicted molar refractivity (Wildman–Crippen MR) is 200 cm³/mol. The molecule has 0 radical (unpaired) electrons. The highest BCUT2D eigenvalue weighted by Gasteiger charge is 2.17. The maximum absolute atomic E-state index is 12.4. The number of rotatable bonds is 38. The molecule has 0 aliphatic rings. The van der Waals surface area contributed by atoms with E-state index in [0.29, 0.717) is 12.8 Å². The van der Waals surface area contributed by atoms with Gasteiger partial charge in [-0.1, -0.05) is 193 Å². The smallest absolute Gasteiger partial charge is 0.307 e. The molecule has 46 heavy (non-hydrogen) atoms. The number of carbonyl (C=O) groups is 2. The van der Waals surface area contributed by atoms with Crippen LogP contribution in [-0.4, -0.2) is 23.1 Å². The van der Waals surface area contributed by atoms with Crippen molar-refractivity contribution in [3.8, 4) is 0 Å². The molecule has 0 spiro atoms. The van der Waals surface area contributed by atoms with Crippen LogP contribution in [-0.2, 0) is 14.3 Å². The summed E-state index contributed by atoms with van der Waals surface area (Å²) in [5.74, 6) is -1.09. The van der Waals surface area contributed by atoms with Gasteiger partial charge in [0.25, 0.3) is 0 Å². The normalized spacial score (nSPS) is 12.2. The highest BCUT2D eigenvalue weighted by Crippen LogP contribution is 2.17. The molecule has 0 bridgehead atoms. The van der Waals surface area contributed by atoms with Crippen LogP contribution in [0.4, 0.5) is 0 Å². The lowest BCUT2D eigenvalue weighted by atomic mass is 10.0. The molecule has 0 aromatic carbocycles. The van der Waals surface area contributed by atoms with E-state index in [0.717, 1.165) is 25.7 Å². The first kappa shape index (κ1) is 44.7. The summed E-state index contributed by atoms with van der Waals surface area (Å²) in [4.78, 5) is 23.7. The third-order valence-electron chi connectivity index (χ3n) is 9.47. The lowest BCUT2D eigenvalue weighted by Crippen LogP contribution is -2.21. The summed E-state index contributed by atoms with van der Waals surface area (Å²) >= 11 is 0. The van der Waals surface area contributed by atoms with Gasteiger partial charge in [0, 0.05) is 6.42 Å². The van der Waals surface area contributed by atoms with Gasteiger partial charge < -0.3 is 9.84 Å². The number of allylic oxidation sites excluding steroid dienone is 2. The minimum Gasteiger partial charge on any atom is -0.481 e. The molecular formula is C42H80O4. The molecule has 0 aliphatic carbocycles. The van der Waals surface area contributed by atoms with Gasteiger partial charge in [0.05, 0.1) is 6.42 Å². The van der Waals surface area contributed by atoms with E-state index < -0.39 is 12.1 Å². The number of esters is 1. The molecule has 1 N–H and O–H groups in total. The molecular weight excluding hydrogens is 568 g/mol. The Morgan fingerprint density at radius 3 is 1.17 bits per heavy atom. The summed E-state index contributed by atoms with van der Waals surface area (Å²) in [5.41, 5.74) is 0. The molecule has 1 atom stereocenters. The number of hydrogen-bond acceptors (Lipinski definition) is 3. The first-order chi connectivity index (χ1) is 22.6. The second-order valence-electron chi connectivity index (χ2n) is 14.2. The van der Waals surface area contributed by atoms with E-state index in [1.54, 1.807) is 0 Å². The molecule has 4 heteroatoms. The maximum Gasteiger partial charge on any atom is 0.307 e. The number of carbonyl (C=O) groups excluding carboxylic acids is 1. The molecule has 0 amide bonds. The molecule has 4 nitrogen and oxygen atoms in total. The van der Waals surface area contributed by atoms with Crippen LogP contribution in [0.3, 0.4) is 0 Å². The van der Waals surface area contributed by atoms with Gasteiger partial charge in [-0.15, -0.1) is 0 Å². The lowest BCUT2D eigenvalue weighted by Gasteiger charge is -2.16. The van der Waals surface area contributed by atoms with Crippen LogP contribution in [0.15, 0.2) is 12.2 Å². The summed E-state index contributed by atoms with van der Waals surface area (Å²) in [6, 6.07) is 0. The van der Waals surface area contributed by atoms with E-state index in [9.17, 15) is 14.7 Å². The molecule has 0 saturated heterocycles. The molecule has 0 aliphatic heterocycles. The van der Waals surface area contributed by atoms with E-state index in [1.807, 2.05) is 0 Å². The van der Waals surface area contributed by atoms with Crippen molar-refractivity contribution in [3.05, 3.63) is 12.2 Å². The Morgan fingerprint density at radius 1 is 0.478 bits per heavy atom. The van der Waals surface area contributed by atoms with Crippen molar-refractivity contribution in [1.29, 1.82) is 0 Å². The first-order valence-corrected chi connectivity index (χ1v) is 20.7. The molecule has 272 valence electrons. The van der Waals surface area contributed by atoms with Crippen molar-refractivity contribution in [3.63, 3.8) is 0 Å². The number of aliphatic carboxylic acids is 1. The quantitative estimate of drug-likeness (QED) is 0.0411. The zero-order valence-corrected chi connectivity index (χ0v) is 31.2. The SMILES string of the molecule is CCCCCCCC/C=C\CCCCCCCCCCCC(=O)OC(CCCCCCCCCCCCCCCCC)CC(=O)O. The van der Waals surface area contributed by atoms with Crippen molar-refractivity contribution in [2.75, 3.05) is 0 Å². The fourth-order valence-electron chi connectivity index (χ4n) is 6.43. The summed E-state index contributed by atoms with van der Waals surface area (Å²) in [6.45, 7) is 4.55. The second kappa shape index (κ2) is 38.1. The van der Waals surface area contributed by atoms with Crippen LogP contribution in [0.25, 0.3) is 0 Å². The van der Waals surface area contributed by atoms with E-state index in [2.05, 4.69) is 26.0 Å². The van der Waals surface area contributed by atoms with Gasteiger partial charge in [0.2, 0.25) is 0 Å². The van der Waals surface area contributed by atoms with Gasteiger partial charge in [0.15, 0.2) is 0 Å². The summed E-state index contributed by atoms with van der Waals surface area (Å²) in [6.07, 6.45) is 46.7. The van der Waals surface area contributed by atoms with Gasteiger partial charge in [0.1, 0.15) is 6.10 Å². The van der Waals surface area contributed by atoms with Gasteiger partial charge in [-0.25, -0.2) is 0 Å². The minimum absolute atomic E-state index is 0.0696. The average molecular weight is 649 g/mol. The topological polar surface area (TPSA) is 63.6 Å². The van der Waals surface area contributed by atoms with E-state index in [4.69, 9.17) is 4.74 Å². The second-order valence-corrected chi connectivity index (χ2v) is 14.2. The molecule has 0 aromatic rings. The first-order valence-electron chi connectivity index (χ1n) is 20.7. The van der Waals surface area contributed by atoms with E-state index in [-0.39, 0.29) is 12.4 Å². The summed E-state index contributed by atoms with van der Waals surface area (Å²) in [5, 5.41) is 9.27. The van der Waals surface area contributed by atoms with Gasteiger partial charge in [-0.2, -0.15) is 0 Å². The van der Waals surface area contributed by atoms with Crippen molar-refractivity contribution in [2.24, 2.45) is 0 Å². The Labute approximate surface area is 287 Å². The highest BCUT2D eigenvalue weighted by atomic mass is 16.5. The van der Waals surface area contributed by atoms with Crippen molar-refractivity contribution in [1.82, 2.24) is 0 Å². The third-order valence-corrected chi connectivity index (χ3v) is 9.47. The molecule has 0 heterocycles. The number of ether oxygens (including phenoxy) is 1. The van der Waals surface area contributed by atoms with Crippen molar-refractivity contribution < 1.29 is 19.4 Å². The Kier molecular flexibility index (Phi) is 37.0. The Balaban J connectivity index is 3.59. The summed E-state index contributed by atoms with van der Waals surface area (Å²) in [7, 11) is 0. The molecule has 0 aromatic heterocycles. The van der Waals surface area contributed by atoms with Gasteiger partial charge in [-0.3, -0.25) is 9.59 Å². The van der Waals surface area contributed by atoms with Gasteiger partial charge in [-0.05, 0) is 44.9 Å². The molecule has 0 rings (SSSR count). The highest BCUT2D eigenvalue weighted by molar-refractivity contribution is 5.71. The minimum atomic E-state index is -0.876. The number of unbranched alkanes of at least 4 members (excludes halogenated alkanes) is 29. The molecule has 1 unspecified atom stereocenters. The molecule has 0 saturated carbocycles. The zero-order valence-electron chi connectivity index (χ0n) is 31.2. The number of carboxylic acid groups (broad SMARTS) is 1.